The van der Waals surface area contributed by atoms with Crippen molar-refractivity contribution in [2.45, 2.75) is 6.92 Å². The van der Waals surface area contributed by atoms with Crippen LogP contribution >= 0.6 is 15.9 Å². The van der Waals surface area contributed by atoms with Crippen LogP contribution < -0.4 is 10.1 Å². The van der Waals surface area contributed by atoms with Crippen molar-refractivity contribution in [3.05, 3.63) is 58.6 Å². The van der Waals surface area contributed by atoms with Crippen molar-refractivity contribution in [2.75, 3.05) is 11.9 Å². The molecule has 0 aromatic heterocycles. The van der Waals surface area contributed by atoms with E-state index in [1.165, 1.54) is 12.1 Å². The van der Waals surface area contributed by atoms with E-state index in [1.807, 2.05) is 25.1 Å². The van der Waals surface area contributed by atoms with Crippen LogP contribution in [0.5, 0.6) is 11.5 Å². The highest BCUT2D eigenvalue weighted by Crippen LogP contribution is 2.24. The van der Waals surface area contributed by atoms with Gasteiger partial charge in [-0.15, -0.1) is 0 Å². The van der Waals surface area contributed by atoms with E-state index >= 15 is 0 Å². The molecule has 2 N–H and O–H groups in total. The molecule has 0 unspecified atom stereocenters. The van der Waals surface area contributed by atoms with Gasteiger partial charge in [-0.2, -0.15) is 0 Å². The first-order valence-electron chi connectivity index (χ1n) is 6.79. The molecular formula is C17H16BrNO3. The molecule has 2 rings (SSSR count). The molecule has 0 heterocycles. The van der Waals surface area contributed by atoms with Crippen molar-refractivity contribution in [2.24, 2.45) is 0 Å². The Kier molecular flexibility index (Phi) is 5.61. The quantitative estimate of drug-likeness (QED) is 0.784. The molecule has 0 fully saturated rings. The molecule has 0 bridgehead atoms. The fourth-order valence-electron chi connectivity index (χ4n) is 1.87. The van der Waals surface area contributed by atoms with Gasteiger partial charge in [0, 0.05) is 27.9 Å². The summed E-state index contributed by atoms with van der Waals surface area (Å²) in [6.07, 6.45) is 3.11. The summed E-state index contributed by atoms with van der Waals surface area (Å²) in [7, 11) is 0. The molecule has 5 heteroatoms. The number of amides is 1. The largest absolute Gasteiger partial charge is 0.508 e. The zero-order valence-corrected chi connectivity index (χ0v) is 13.6. The second-order valence-electron chi connectivity index (χ2n) is 4.49. The van der Waals surface area contributed by atoms with Crippen LogP contribution in [0.1, 0.15) is 12.5 Å². The van der Waals surface area contributed by atoms with Gasteiger partial charge in [-0.05, 0) is 43.3 Å². The average Bonchev–Trinajstić information content (AvgIpc) is 2.48. The number of halogens is 1. The highest BCUT2D eigenvalue weighted by Gasteiger charge is 2.03. The zero-order chi connectivity index (χ0) is 15.9. The molecule has 22 heavy (non-hydrogen) atoms. The van der Waals surface area contributed by atoms with E-state index in [4.69, 9.17) is 4.74 Å². The lowest BCUT2D eigenvalue weighted by Crippen LogP contribution is -2.07. The molecule has 4 nitrogen and oxygen atoms in total. The van der Waals surface area contributed by atoms with E-state index in [0.29, 0.717) is 18.0 Å². The van der Waals surface area contributed by atoms with E-state index in [2.05, 4.69) is 21.2 Å². The molecule has 0 radical (unpaired) electrons. The molecule has 2 aromatic carbocycles. The Bertz CT molecular complexity index is 698. The van der Waals surface area contributed by atoms with Crippen molar-refractivity contribution in [3.8, 4) is 11.5 Å². The number of aromatic hydroxyl groups is 1. The Balaban J connectivity index is 2.11. The first-order chi connectivity index (χ1) is 10.6. The van der Waals surface area contributed by atoms with E-state index < -0.39 is 0 Å². The summed E-state index contributed by atoms with van der Waals surface area (Å²) in [6, 6.07) is 12.0. The Labute approximate surface area is 137 Å². The summed E-state index contributed by atoms with van der Waals surface area (Å²) in [4.78, 5) is 11.9. The molecular weight excluding hydrogens is 346 g/mol. The number of ether oxygens (including phenoxy) is 1. The highest BCUT2D eigenvalue weighted by atomic mass is 79.9. The fraction of sp³-hybridized carbons (Fsp3) is 0.118. The number of phenolic OH excluding ortho intramolecular Hbond substituents is 1. The predicted molar refractivity (Wildman–Crippen MR) is 91.1 cm³/mol. The van der Waals surface area contributed by atoms with Gasteiger partial charge in [0.2, 0.25) is 5.91 Å². The Morgan fingerprint density at radius 3 is 2.86 bits per heavy atom. The molecule has 2 aromatic rings. The summed E-state index contributed by atoms with van der Waals surface area (Å²) in [6.45, 7) is 2.46. The Hall–Kier alpha value is -2.27. The Morgan fingerprint density at radius 2 is 2.14 bits per heavy atom. The molecule has 0 atom stereocenters. The van der Waals surface area contributed by atoms with Crippen LogP contribution in [0.15, 0.2) is 53.0 Å². The number of carbonyl (C=O) groups is 1. The second kappa shape index (κ2) is 7.66. The van der Waals surface area contributed by atoms with Crippen molar-refractivity contribution in [3.63, 3.8) is 0 Å². The second-order valence-corrected chi connectivity index (χ2v) is 5.40. The predicted octanol–water partition coefficient (Wildman–Crippen LogP) is 4.21. The third-order valence-electron chi connectivity index (χ3n) is 2.80. The van der Waals surface area contributed by atoms with Crippen LogP contribution in [-0.4, -0.2) is 17.6 Å². The number of anilines is 1. The SMILES string of the molecule is CCOc1ccc(Br)cc1/C=C/C(=O)Nc1cccc(O)c1. The summed E-state index contributed by atoms with van der Waals surface area (Å²) in [5, 5.41) is 12.0. The summed E-state index contributed by atoms with van der Waals surface area (Å²) in [5.74, 6) is 0.535. The van der Waals surface area contributed by atoms with Crippen LogP contribution in [0.25, 0.3) is 6.08 Å². The number of rotatable bonds is 5. The first kappa shape index (κ1) is 16.1. The van der Waals surface area contributed by atoms with Crippen molar-refractivity contribution in [1.29, 1.82) is 0 Å². The molecule has 114 valence electrons. The maximum Gasteiger partial charge on any atom is 0.248 e. The van der Waals surface area contributed by atoms with Gasteiger partial charge in [-0.3, -0.25) is 4.79 Å². The minimum Gasteiger partial charge on any atom is -0.508 e. The number of carbonyl (C=O) groups excluding carboxylic acids is 1. The zero-order valence-electron chi connectivity index (χ0n) is 12.0. The van der Waals surface area contributed by atoms with Crippen LogP contribution in [-0.2, 0) is 4.79 Å². The van der Waals surface area contributed by atoms with Gasteiger partial charge < -0.3 is 15.2 Å². The van der Waals surface area contributed by atoms with Crippen LogP contribution in [0, 0.1) is 0 Å². The smallest absolute Gasteiger partial charge is 0.248 e. The number of nitrogens with one attached hydrogen (secondary N) is 1. The maximum absolute atomic E-state index is 11.9. The van der Waals surface area contributed by atoms with E-state index in [-0.39, 0.29) is 11.7 Å². The average molecular weight is 362 g/mol. The van der Waals surface area contributed by atoms with Gasteiger partial charge in [0.25, 0.3) is 0 Å². The highest BCUT2D eigenvalue weighted by molar-refractivity contribution is 9.10. The third-order valence-corrected chi connectivity index (χ3v) is 3.29. The van der Waals surface area contributed by atoms with Crippen molar-refractivity contribution < 1.29 is 14.6 Å². The number of benzene rings is 2. The van der Waals surface area contributed by atoms with Crippen molar-refractivity contribution >= 4 is 33.6 Å². The topological polar surface area (TPSA) is 58.6 Å². The number of hydrogen-bond donors (Lipinski definition) is 2. The molecule has 0 aliphatic heterocycles. The lowest BCUT2D eigenvalue weighted by atomic mass is 10.2. The molecule has 0 aliphatic rings. The summed E-state index contributed by atoms with van der Waals surface area (Å²) < 4.78 is 6.43. The van der Waals surface area contributed by atoms with E-state index in [9.17, 15) is 9.90 Å². The van der Waals surface area contributed by atoms with Crippen molar-refractivity contribution in [1.82, 2.24) is 0 Å². The molecule has 0 spiro atoms. The lowest BCUT2D eigenvalue weighted by molar-refractivity contribution is -0.111. The molecule has 0 aliphatic carbocycles. The number of hydrogen-bond acceptors (Lipinski definition) is 3. The van der Waals surface area contributed by atoms with E-state index in [1.54, 1.807) is 24.3 Å². The molecule has 0 saturated carbocycles. The molecule has 0 saturated heterocycles. The normalized spacial score (nSPS) is 10.6. The van der Waals surface area contributed by atoms with Gasteiger partial charge in [0.15, 0.2) is 0 Å². The van der Waals surface area contributed by atoms with Crippen LogP contribution in [0.3, 0.4) is 0 Å². The summed E-state index contributed by atoms with van der Waals surface area (Å²) >= 11 is 3.40. The van der Waals surface area contributed by atoms with Crippen LogP contribution in [0.4, 0.5) is 5.69 Å². The van der Waals surface area contributed by atoms with Gasteiger partial charge >= 0.3 is 0 Å². The number of phenols is 1. The van der Waals surface area contributed by atoms with Gasteiger partial charge in [0.1, 0.15) is 11.5 Å². The third kappa shape index (κ3) is 4.63. The first-order valence-corrected chi connectivity index (χ1v) is 7.58. The molecule has 1 amide bonds. The van der Waals surface area contributed by atoms with Gasteiger partial charge in [0.05, 0.1) is 6.61 Å². The van der Waals surface area contributed by atoms with E-state index in [0.717, 1.165) is 10.0 Å². The lowest BCUT2D eigenvalue weighted by Gasteiger charge is -2.07. The minimum atomic E-state index is -0.284. The maximum atomic E-state index is 11.9. The fourth-order valence-corrected chi connectivity index (χ4v) is 2.25. The van der Waals surface area contributed by atoms with Gasteiger partial charge in [-0.1, -0.05) is 22.0 Å². The minimum absolute atomic E-state index is 0.104. The van der Waals surface area contributed by atoms with Crippen LogP contribution in [0.2, 0.25) is 0 Å². The standard InChI is InChI=1S/C17H16BrNO3/c1-2-22-16-8-7-13(18)10-12(16)6-9-17(21)19-14-4-3-5-15(20)11-14/h3-11,20H,2H2,1H3,(H,19,21)/b9-6+. The van der Waals surface area contributed by atoms with Gasteiger partial charge in [-0.25, -0.2) is 0 Å². The Morgan fingerprint density at radius 1 is 1.32 bits per heavy atom. The summed E-state index contributed by atoms with van der Waals surface area (Å²) in [5.41, 5.74) is 1.34. The monoisotopic (exact) mass is 361 g/mol.